The van der Waals surface area contributed by atoms with E-state index in [1.54, 1.807) is 31.2 Å². The summed E-state index contributed by atoms with van der Waals surface area (Å²) < 4.78 is 5.03. The summed E-state index contributed by atoms with van der Waals surface area (Å²) in [5.74, 6) is -1.74. The molecule has 1 atom stereocenters. The first-order valence-corrected chi connectivity index (χ1v) is 8.20. The van der Waals surface area contributed by atoms with Crippen molar-refractivity contribution in [2.75, 3.05) is 5.32 Å². The Morgan fingerprint density at radius 1 is 1.15 bits per heavy atom. The summed E-state index contributed by atoms with van der Waals surface area (Å²) in [5, 5.41) is 14.6. The van der Waals surface area contributed by atoms with E-state index < -0.39 is 23.3 Å². The molecule has 0 aliphatic heterocycles. The molecule has 0 aliphatic carbocycles. The van der Waals surface area contributed by atoms with E-state index >= 15 is 0 Å². The van der Waals surface area contributed by atoms with E-state index in [1.807, 2.05) is 13.8 Å². The second-order valence-electron chi connectivity index (χ2n) is 6.61. The highest BCUT2D eigenvalue weighted by atomic mass is 16.4. The molecule has 0 radical (unpaired) electrons. The number of carboxylic acids is 1. The standard InChI is InChI=1S/C19H22N2O5/c1-12(2)19(3,11-16(22)23)21-17(24)13-6-4-7-14(10-13)20-18(25)15-8-5-9-26-15/h4-10,12H,11H2,1-3H3,(H,20,25)(H,21,24)(H,22,23). The molecule has 7 heteroatoms. The molecular weight excluding hydrogens is 336 g/mol. The van der Waals surface area contributed by atoms with E-state index in [0.717, 1.165) is 0 Å². The van der Waals surface area contributed by atoms with Crippen LogP contribution < -0.4 is 10.6 Å². The number of furan rings is 1. The van der Waals surface area contributed by atoms with Crippen molar-refractivity contribution in [3.05, 3.63) is 54.0 Å². The average Bonchev–Trinajstić information content (AvgIpc) is 3.08. The Kier molecular flexibility index (Phi) is 5.82. The maximum atomic E-state index is 12.6. The molecule has 1 aromatic heterocycles. The van der Waals surface area contributed by atoms with Gasteiger partial charge in [-0.1, -0.05) is 19.9 Å². The van der Waals surface area contributed by atoms with Gasteiger partial charge in [0, 0.05) is 11.3 Å². The second kappa shape index (κ2) is 7.86. The Hall–Kier alpha value is -3.09. The van der Waals surface area contributed by atoms with Crippen LogP contribution in [0.4, 0.5) is 5.69 Å². The Morgan fingerprint density at radius 3 is 2.46 bits per heavy atom. The van der Waals surface area contributed by atoms with Gasteiger partial charge in [0.2, 0.25) is 0 Å². The number of nitrogens with one attached hydrogen (secondary N) is 2. The Balaban J connectivity index is 2.14. The van der Waals surface area contributed by atoms with Crippen molar-refractivity contribution in [2.45, 2.75) is 32.7 Å². The minimum absolute atomic E-state index is 0.0793. The predicted molar refractivity (Wildman–Crippen MR) is 96.1 cm³/mol. The molecule has 0 saturated heterocycles. The van der Waals surface area contributed by atoms with Gasteiger partial charge in [-0.05, 0) is 43.2 Å². The molecule has 0 bridgehead atoms. The fourth-order valence-corrected chi connectivity index (χ4v) is 2.38. The molecule has 0 saturated carbocycles. The summed E-state index contributed by atoms with van der Waals surface area (Å²) >= 11 is 0. The zero-order valence-corrected chi connectivity index (χ0v) is 14.9. The third kappa shape index (κ3) is 4.72. The number of aliphatic carboxylic acids is 1. The number of anilines is 1. The van der Waals surface area contributed by atoms with Gasteiger partial charge in [0.05, 0.1) is 18.2 Å². The largest absolute Gasteiger partial charge is 0.481 e. The van der Waals surface area contributed by atoms with Crippen LogP contribution in [0.1, 0.15) is 48.1 Å². The highest BCUT2D eigenvalue weighted by Crippen LogP contribution is 2.22. The van der Waals surface area contributed by atoms with Crippen molar-refractivity contribution >= 4 is 23.5 Å². The van der Waals surface area contributed by atoms with Gasteiger partial charge in [0.15, 0.2) is 5.76 Å². The fourth-order valence-electron chi connectivity index (χ4n) is 2.38. The van der Waals surface area contributed by atoms with Gasteiger partial charge in [0.25, 0.3) is 11.8 Å². The maximum Gasteiger partial charge on any atom is 0.305 e. The predicted octanol–water partition coefficient (Wildman–Crippen LogP) is 3.15. The number of carbonyl (C=O) groups is 3. The lowest BCUT2D eigenvalue weighted by atomic mass is 9.85. The van der Waals surface area contributed by atoms with Crippen LogP contribution in [0.2, 0.25) is 0 Å². The minimum atomic E-state index is -0.985. The lowest BCUT2D eigenvalue weighted by molar-refractivity contribution is -0.138. The minimum Gasteiger partial charge on any atom is -0.481 e. The zero-order chi connectivity index (χ0) is 19.3. The van der Waals surface area contributed by atoms with Crippen molar-refractivity contribution in [1.29, 1.82) is 0 Å². The number of amides is 2. The maximum absolute atomic E-state index is 12.6. The molecule has 2 rings (SSSR count). The molecule has 26 heavy (non-hydrogen) atoms. The van der Waals surface area contributed by atoms with Crippen molar-refractivity contribution < 1.29 is 23.9 Å². The van der Waals surface area contributed by atoms with E-state index in [2.05, 4.69) is 10.6 Å². The Morgan fingerprint density at radius 2 is 1.88 bits per heavy atom. The third-order valence-corrected chi connectivity index (χ3v) is 4.32. The molecule has 3 N–H and O–H groups in total. The van der Waals surface area contributed by atoms with Crippen molar-refractivity contribution in [1.82, 2.24) is 5.32 Å². The third-order valence-electron chi connectivity index (χ3n) is 4.32. The van der Waals surface area contributed by atoms with E-state index in [1.165, 1.54) is 18.4 Å². The van der Waals surface area contributed by atoms with Gasteiger partial charge in [-0.2, -0.15) is 0 Å². The zero-order valence-electron chi connectivity index (χ0n) is 14.9. The summed E-state index contributed by atoms with van der Waals surface area (Å²) in [5.41, 5.74) is -0.140. The number of hydrogen-bond donors (Lipinski definition) is 3. The van der Waals surface area contributed by atoms with Crippen LogP contribution in [0.5, 0.6) is 0 Å². The van der Waals surface area contributed by atoms with E-state index in [0.29, 0.717) is 11.3 Å². The molecule has 2 aromatic rings. The average molecular weight is 358 g/mol. The summed E-state index contributed by atoms with van der Waals surface area (Å²) in [4.78, 5) is 35.7. The first-order valence-electron chi connectivity index (χ1n) is 8.20. The number of carboxylic acid groups (broad SMARTS) is 1. The summed E-state index contributed by atoms with van der Waals surface area (Å²) in [6.07, 6.45) is 1.21. The lowest BCUT2D eigenvalue weighted by Gasteiger charge is -2.33. The number of rotatable bonds is 7. The summed E-state index contributed by atoms with van der Waals surface area (Å²) in [7, 11) is 0. The van der Waals surface area contributed by atoms with Crippen LogP contribution in [-0.2, 0) is 4.79 Å². The molecule has 1 unspecified atom stereocenters. The highest BCUT2D eigenvalue weighted by Gasteiger charge is 2.33. The van der Waals surface area contributed by atoms with Gasteiger partial charge >= 0.3 is 5.97 Å². The Bertz CT molecular complexity index is 798. The summed E-state index contributed by atoms with van der Waals surface area (Å²) in [6.45, 7) is 5.40. The van der Waals surface area contributed by atoms with Crippen LogP contribution in [0.15, 0.2) is 47.1 Å². The van der Waals surface area contributed by atoms with Crippen LogP contribution in [0.3, 0.4) is 0 Å². The van der Waals surface area contributed by atoms with E-state index in [4.69, 9.17) is 9.52 Å². The molecule has 1 aromatic carbocycles. The number of hydrogen-bond acceptors (Lipinski definition) is 4. The number of benzene rings is 1. The normalized spacial score (nSPS) is 13.1. The molecule has 0 spiro atoms. The van der Waals surface area contributed by atoms with Gasteiger partial charge in [0.1, 0.15) is 0 Å². The molecule has 7 nitrogen and oxygen atoms in total. The van der Waals surface area contributed by atoms with Crippen molar-refractivity contribution in [3.63, 3.8) is 0 Å². The monoisotopic (exact) mass is 358 g/mol. The summed E-state index contributed by atoms with van der Waals surface area (Å²) in [6, 6.07) is 9.55. The van der Waals surface area contributed by atoms with Crippen LogP contribution in [-0.4, -0.2) is 28.4 Å². The Labute approximate surface area is 151 Å². The van der Waals surface area contributed by atoms with Crippen LogP contribution in [0.25, 0.3) is 0 Å². The van der Waals surface area contributed by atoms with Crippen molar-refractivity contribution in [2.24, 2.45) is 5.92 Å². The molecule has 138 valence electrons. The van der Waals surface area contributed by atoms with Gasteiger partial charge < -0.3 is 20.2 Å². The van der Waals surface area contributed by atoms with E-state index in [-0.39, 0.29) is 18.1 Å². The van der Waals surface area contributed by atoms with E-state index in [9.17, 15) is 14.4 Å². The lowest BCUT2D eigenvalue weighted by Crippen LogP contribution is -2.51. The van der Waals surface area contributed by atoms with Crippen LogP contribution in [0, 0.1) is 5.92 Å². The molecule has 1 heterocycles. The highest BCUT2D eigenvalue weighted by molar-refractivity contribution is 6.03. The molecule has 0 aliphatic rings. The van der Waals surface area contributed by atoms with Gasteiger partial charge in [-0.25, -0.2) is 0 Å². The SMILES string of the molecule is CC(C)C(C)(CC(=O)O)NC(=O)c1cccc(NC(=O)c2ccco2)c1. The molecule has 2 amide bonds. The molecular formula is C19H22N2O5. The number of carbonyl (C=O) groups excluding carboxylic acids is 2. The second-order valence-corrected chi connectivity index (χ2v) is 6.61. The first kappa shape index (κ1) is 19.2. The smallest absolute Gasteiger partial charge is 0.305 e. The van der Waals surface area contributed by atoms with Crippen LogP contribution >= 0.6 is 0 Å². The molecule has 0 fully saturated rings. The fraction of sp³-hybridized carbons (Fsp3) is 0.316. The first-order chi connectivity index (χ1) is 12.2. The topological polar surface area (TPSA) is 109 Å². The van der Waals surface area contributed by atoms with Gasteiger partial charge in [-0.3, -0.25) is 14.4 Å². The quantitative estimate of drug-likeness (QED) is 0.704. The van der Waals surface area contributed by atoms with Crippen molar-refractivity contribution in [3.8, 4) is 0 Å². The van der Waals surface area contributed by atoms with Gasteiger partial charge in [-0.15, -0.1) is 0 Å².